The van der Waals surface area contributed by atoms with Gasteiger partial charge in [0.25, 0.3) is 0 Å². The number of ether oxygens (including phenoxy) is 3. The predicted octanol–water partition coefficient (Wildman–Crippen LogP) is 6.35. The molecule has 13 heteroatoms. The van der Waals surface area contributed by atoms with Gasteiger partial charge >= 0.3 is 23.9 Å². The lowest BCUT2D eigenvalue weighted by Gasteiger charge is -2.27. The summed E-state index contributed by atoms with van der Waals surface area (Å²) in [5, 5.41) is 13.4. The Morgan fingerprint density at radius 3 is 1.74 bits per heavy atom. The molecule has 0 fully saturated rings. The van der Waals surface area contributed by atoms with E-state index in [2.05, 4.69) is 21.3 Å². The van der Waals surface area contributed by atoms with Gasteiger partial charge in [-0.25, -0.2) is 14.4 Å². The van der Waals surface area contributed by atoms with E-state index < -0.39 is 58.9 Å². The van der Waals surface area contributed by atoms with Crippen LogP contribution in [-0.4, -0.2) is 83.6 Å². The van der Waals surface area contributed by atoms with Gasteiger partial charge in [-0.3, -0.25) is 19.7 Å². The molecule has 0 aliphatic carbocycles. The lowest BCUT2D eigenvalue weighted by molar-refractivity contribution is -0.159. The number of amides is 3. The van der Waals surface area contributed by atoms with E-state index in [0.29, 0.717) is 24.8 Å². The molecular weight excluding hydrogens is 741 g/mol. The Morgan fingerprint density at radius 2 is 1.16 bits per heavy atom. The largest absolute Gasteiger partial charge is 0.460 e. The number of carbonyl (C=O) groups is 6. The molecule has 316 valence electrons. The number of carbonyl (C=O) groups excluding carboxylic acids is 6. The lowest BCUT2D eigenvalue weighted by atomic mass is 10.0. The molecule has 0 aliphatic heterocycles. The molecular formula is C45H62N4O9. The summed E-state index contributed by atoms with van der Waals surface area (Å²) in [6.07, 6.45) is 1.12. The number of hydrogen-bond donors (Lipinski definition) is 4. The maximum Gasteiger partial charge on any atom is 0.329 e. The first-order chi connectivity index (χ1) is 27.1. The van der Waals surface area contributed by atoms with Crippen molar-refractivity contribution in [2.45, 2.75) is 136 Å². The van der Waals surface area contributed by atoms with Crippen molar-refractivity contribution in [2.24, 2.45) is 0 Å². The van der Waals surface area contributed by atoms with E-state index in [4.69, 9.17) is 14.2 Å². The number of ketones is 1. The minimum absolute atomic E-state index is 0.0310. The minimum Gasteiger partial charge on any atom is -0.460 e. The van der Waals surface area contributed by atoms with E-state index in [-0.39, 0.29) is 44.0 Å². The summed E-state index contributed by atoms with van der Waals surface area (Å²) in [6.45, 7) is 15.6. The summed E-state index contributed by atoms with van der Waals surface area (Å²) < 4.78 is 16.5. The highest BCUT2D eigenvalue weighted by Crippen LogP contribution is 2.18. The maximum absolute atomic E-state index is 13.6. The van der Waals surface area contributed by atoms with Crippen molar-refractivity contribution in [1.29, 1.82) is 0 Å². The highest BCUT2D eigenvalue weighted by Gasteiger charge is 2.31. The third kappa shape index (κ3) is 17.9. The Hall–Kier alpha value is -5.30. The van der Waals surface area contributed by atoms with Gasteiger partial charge in [0.1, 0.15) is 28.9 Å². The van der Waals surface area contributed by atoms with Crippen molar-refractivity contribution in [3.05, 3.63) is 83.9 Å². The molecule has 0 unspecified atom stereocenters. The first-order valence-corrected chi connectivity index (χ1v) is 19.9. The van der Waals surface area contributed by atoms with E-state index in [1.807, 2.05) is 48.5 Å². The van der Waals surface area contributed by atoms with Crippen LogP contribution in [0.3, 0.4) is 0 Å². The Bertz CT molecular complexity index is 1860. The van der Waals surface area contributed by atoms with Crippen LogP contribution in [0.4, 0.5) is 4.79 Å². The van der Waals surface area contributed by atoms with Crippen molar-refractivity contribution in [2.75, 3.05) is 13.1 Å². The summed E-state index contributed by atoms with van der Waals surface area (Å²) in [5.74, 6) is -2.37. The molecule has 0 heterocycles. The molecule has 4 N–H and O–H groups in total. The van der Waals surface area contributed by atoms with Crippen LogP contribution in [0.2, 0.25) is 0 Å². The number of esters is 3. The zero-order chi connectivity index (χ0) is 43.1. The molecule has 58 heavy (non-hydrogen) atoms. The number of unbranched alkanes of at least 4 members (excludes halogenated alkanes) is 1. The van der Waals surface area contributed by atoms with Crippen molar-refractivity contribution in [3.8, 4) is 0 Å². The van der Waals surface area contributed by atoms with Gasteiger partial charge in [0, 0.05) is 18.5 Å². The van der Waals surface area contributed by atoms with Gasteiger partial charge in [-0.05, 0) is 111 Å². The number of fused-ring (bicyclic) bond motifs is 1. The quantitative estimate of drug-likeness (QED) is 0.0462. The molecule has 3 atom stereocenters. The van der Waals surface area contributed by atoms with Crippen molar-refractivity contribution >= 4 is 46.4 Å². The molecule has 3 aromatic carbocycles. The Morgan fingerprint density at radius 1 is 0.603 bits per heavy atom. The van der Waals surface area contributed by atoms with E-state index in [1.54, 1.807) is 86.6 Å². The number of nitrogens with one attached hydrogen (secondary N) is 4. The van der Waals surface area contributed by atoms with Crippen LogP contribution in [0.5, 0.6) is 0 Å². The number of hydrogen-bond acceptors (Lipinski definition) is 10. The number of Topliss-reactive ketones (excluding diaryl/α,β-unsaturated/α-hetero) is 1. The van der Waals surface area contributed by atoms with Gasteiger partial charge in [0.05, 0.1) is 12.6 Å². The second-order valence-electron chi connectivity index (χ2n) is 17.3. The van der Waals surface area contributed by atoms with Gasteiger partial charge in [-0.1, -0.05) is 72.8 Å². The average molecular weight is 803 g/mol. The predicted molar refractivity (Wildman–Crippen MR) is 223 cm³/mol. The van der Waals surface area contributed by atoms with Gasteiger partial charge in [-0.15, -0.1) is 0 Å². The van der Waals surface area contributed by atoms with E-state index in [0.717, 1.165) is 16.3 Å². The standard InChI is InChI=1S/C45H62N4O9/c1-43(2,3)56-38(51)25-24-35(41(54)58-45(7,8)9)49-42(55)48-34(40(53)57-44(4,5)6)21-15-16-26-46-39(52)36(47-29-37(50)32-18-11-10-12-19-32)28-30-22-23-31-17-13-14-20-33(31)27-30/h10-14,17-20,22-23,27,34-36,47H,15-16,21,24-26,28-29H2,1-9H3,(H,46,52)(H2,48,49,55)/t34-,35-,36-/m0/s1. The second kappa shape index (κ2) is 21.5. The summed E-state index contributed by atoms with van der Waals surface area (Å²) in [5.41, 5.74) is -0.959. The fourth-order valence-corrected chi connectivity index (χ4v) is 5.87. The number of rotatable bonds is 19. The van der Waals surface area contributed by atoms with Crippen LogP contribution >= 0.6 is 0 Å². The molecule has 3 aromatic rings. The van der Waals surface area contributed by atoms with Crippen molar-refractivity contribution in [3.63, 3.8) is 0 Å². The van der Waals surface area contributed by atoms with E-state index in [1.165, 1.54) is 0 Å². The zero-order valence-corrected chi connectivity index (χ0v) is 35.5. The average Bonchev–Trinajstić information content (AvgIpc) is 3.12. The Labute approximate surface area is 342 Å². The van der Waals surface area contributed by atoms with Gasteiger partial charge in [-0.2, -0.15) is 0 Å². The summed E-state index contributed by atoms with van der Waals surface area (Å²) in [4.78, 5) is 78.6. The molecule has 3 rings (SSSR count). The first-order valence-electron chi connectivity index (χ1n) is 19.9. The van der Waals surface area contributed by atoms with E-state index >= 15 is 0 Å². The van der Waals surface area contributed by atoms with Gasteiger partial charge in [0.2, 0.25) is 5.91 Å². The third-order valence-electron chi connectivity index (χ3n) is 8.44. The third-order valence-corrected chi connectivity index (χ3v) is 8.44. The monoisotopic (exact) mass is 802 g/mol. The van der Waals surface area contributed by atoms with Crippen LogP contribution in [-0.2, 0) is 39.8 Å². The van der Waals surface area contributed by atoms with Crippen LogP contribution in [0.1, 0.15) is 110 Å². The Kier molecular flexibility index (Phi) is 17.4. The molecule has 0 spiro atoms. The normalized spacial score (nSPS) is 13.4. The molecule has 0 saturated carbocycles. The highest BCUT2D eigenvalue weighted by molar-refractivity contribution is 5.98. The maximum atomic E-state index is 13.6. The van der Waals surface area contributed by atoms with Crippen LogP contribution in [0, 0.1) is 0 Å². The molecule has 3 amide bonds. The Balaban J connectivity index is 1.65. The topological polar surface area (TPSA) is 178 Å². The molecule has 0 aliphatic rings. The summed E-state index contributed by atoms with van der Waals surface area (Å²) in [7, 11) is 0. The first kappa shape index (κ1) is 47.1. The van der Waals surface area contributed by atoms with Crippen molar-refractivity contribution < 1.29 is 43.0 Å². The van der Waals surface area contributed by atoms with Crippen LogP contribution in [0.25, 0.3) is 10.8 Å². The van der Waals surface area contributed by atoms with Crippen molar-refractivity contribution in [1.82, 2.24) is 21.3 Å². The zero-order valence-electron chi connectivity index (χ0n) is 35.5. The smallest absolute Gasteiger partial charge is 0.329 e. The van der Waals surface area contributed by atoms with E-state index in [9.17, 15) is 28.8 Å². The number of urea groups is 1. The summed E-state index contributed by atoms with van der Waals surface area (Å²) in [6, 6.07) is 19.0. The second-order valence-corrected chi connectivity index (χ2v) is 17.3. The highest BCUT2D eigenvalue weighted by atomic mass is 16.6. The molecule has 0 bridgehead atoms. The molecule has 0 radical (unpaired) electrons. The molecule has 0 aromatic heterocycles. The fourth-order valence-electron chi connectivity index (χ4n) is 5.87. The lowest BCUT2D eigenvalue weighted by Crippen LogP contribution is -2.53. The van der Waals surface area contributed by atoms with Crippen LogP contribution in [0.15, 0.2) is 72.8 Å². The fraction of sp³-hybridized carbons (Fsp3) is 0.511. The summed E-state index contributed by atoms with van der Waals surface area (Å²) >= 11 is 0. The van der Waals surface area contributed by atoms with Gasteiger partial charge < -0.3 is 30.2 Å². The number of benzene rings is 3. The molecule has 0 saturated heterocycles. The van der Waals surface area contributed by atoms with Gasteiger partial charge in [0.15, 0.2) is 5.78 Å². The SMILES string of the molecule is CC(C)(C)OC(=O)CC[C@H](NC(=O)N[C@@H](CCCCNC(=O)[C@H](Cc1ccc2ccccc2c1)NCC(=O)c1ccccc1)C(=O)OC(C)(C)C)C(=O)OC(C)(C)C. The van der Waals surface area contributed by atoms with Crippen LogP contribution < -0.4 is 21.3 Å². The minimum atomic E-state index is -1.21. The molecule has 13 nitrogen and oxygen atoms in total.